The summed E-state index contributed by atoms with van der Waals surface area (Å²) in [5.74, 6) is 0.972. The minimum absolute atomic E-state index is 0.170. The van der Waals surface area contributed by atoms with E-state index in [1.165, 1.54) is 0 Å². The van der Waals surface area contributed by atoms with Crippen molar-refractivity contribution in [3.05, 3.63) is 22.8 Å². The molecule has 1 aliphatic heterocycles. The van der Waals surface area contributed by atoms with Gasteiger partial charge in [0.1, 0.15) is 16.0 Å². The second-order valence-corrected chi connectivity index (χ2v) is 7.04. The molecule has 0 atom stereocenters. The van der Waals surface area contributed by atoms with Crippen LogP contribution in [0.1, 0.15) is 33.6 Å². The highest BCUT2D eigenvalue weighted by Gasteiger charge is 2.24. The second kappa shape index (κ2) is 6.64. The lowest BCUT2D eigenvalue weighted by atomic mass is 10.1. The number of carbonyl (C=O) groups excluding carboxylic acids is 1. The number of ether oxygens (including phenoxy) is 1. The van der Waals surface area contributed by atoms with E-state index in [-0.39, 0.29) is 12.1 Å². The fourth-order valence-corrected chi connectivity index (χ4v) is 2.64. The van der Waals surface area contributed by atoms with Gasteiger partial charge >= 0.3 is 6.09 Å². The fraction of sp³-hybridized carbons (Fsp3) is 0.600. The predicted molar refractivity (Wildman–Crippen MR) is 86.5 cm³/mol. The summed E-state index contributed by atoms with van der Waals surface area (Å²) in [4.78, 5) is 18.5. The van der Waals surface area contributed by atoms with E-state index in [1.807, 2.05) is 39.0 Å². The summed E-state index contributed by atoms with van der Waals surface area (Å²) >= 11 is 3.39. The summed E-state index contributed by atoms with van der Waals surface area (Å²) in [6.07, 6.45) is 1.46. The normalized spacial score (nSPS) is 16.7. The summed E-state index contributed by atoms with van der Waals surface area (Å²) in [6, 6.07) is 6.08. The molecule has 0 aliphatic carbocycles. The number of amides is 1. The molecular weight excluding hydrogens is 334 g/mol. The zero-order valence-corrected chi connectivity index (χ0v) is 14.3. The molecule has 1 saturated heterocycles. The summed E-state index contributed by atoms with van der Waals surface area (Å²) in [5, 5.41) is 2.94. The van der Waals surface area contributed by atoms with Crippen molar-refractivity contribution in [2.75, 3.05) is 18.0 Å². The standard InChI is InChI=1S/C15H22BrN3O2/c1-15(2,3)21-14(20)17-11-7-9-19(10-8-11)13-6-4-5-12(16)18-13/h4-6,11H,7-10H2,1-3H3,(H,17,20). The molecule has 5 nitrogen and oxygen atoms in total. The number of hydrogen-bond donors (Lipinski definition) is 1. The van der Waals surface area contributed by atoms with Crippen molar-refractivity contribution in [1.29, 1.82) is 0 Å². The van der Waals surface area contributed by atoms with Crippen molar-refractivity contribution in [3.63, 3.8) is 0 Å². The Morgan fingerprint density at radius 3 is 2.62 bits per heavy atom. The number of rotatable bonds is 2. The third-order valence-corrected chi connectivity index (χ3v) is 3.68. The molecule has 1 aromatic rings. The smallest absolute Gasteiger partial charge is 0.407 e. The highest BCUT2D eigenvalue weighted by atomic mass is 79.9. The number of pyridine rings is 1. The van der Waals surface area contributed by atoms with Gasteiger partial charge in [0.25, 0.3) is 0 Å². The van der Waals surface area contributed by atoms with Crippen LogP contribution in [0.3, 0.4) is 0 Å². The Hall–Kier alpha value is -1.30. The third kappa shape index (κ3) is 5.19. The van der Waals surface area contributed by atoms with E-state index in [9.17, 15) is 4.79 Å². The molecule has 0 bridgehead atoms. The molecule has 116 valence electrons. The SMILES string of the molecule is CC(C)(C)OC(=O)NC1CCN(c2cccc(Br)n2)CC1. The summed E-state index contributed by atoms with van der Waals surface area (Å²) in [6.45, 7) is 7.37. The van der Waals surface area contributed by atoms with Crippen LogP contribution in [-0.4, -0.2) is 35.8 Å². The Bertz CT molecular complexity index is 494. The van der Waals surface area contributed by atoms with E-state index in [1.54, 1.807) is 0 Å². The van der Waals surface area contributed by atoms with Crippen LogP contribution in [0.2, 0.25) is 0 Å². The topological polar surface area (TPSA) is 54.5 Å². The first kappa shape index (κ1) is 16.1. The molecule has 0 saturated carbocycles. The van der Waals surface area contributed by atoms with Crippen LogP contribution in [0, 0.1) is 0 Å². The van der Waals surface area contributed by atoms with Gasteiger partial charge in [0, 0.05) is 19.1 Å². The Balaban J connectivity index is 1.82. The van der Waals surface area contributed by atoms with Crippen molar-refractivity contribution in [2.45, 2.75) is 45.3 Å². The van der Waals surface area contributed by atoms with Gasteiger partial charge in [-0.15, -0.1) is 0 Å². The van der Waals surface area contributed by atoms with Crippen LogP contribution in [0.25, 0.3) is 0 Å². The van der Waals surface area contributed by atoms with Crippen LogP contribution in [0.4, 0.5) is 10.6 Å². The largest absolute Gasteiger partial charge is 0.444 e. The molecule has 0 radical (unpaired) electrons. The second-order valence-electron chi connectivity index (χ2n) is 6.23. The first-order valence-corrected chi connectivity index (χ1v) is 8.00. The minimum atomic E-state index is -0.453. The molecule has 21 heavy (non-hydrogen) atoms. The number of aromatic nitrogens is 1. The maximum absolute atomic E-state index is 11.8. The van der Waals surface area contributed by atoms with Crippen molar-refractivity contribution >= 4 is 27.8 Å². The van der Waals surface area contributed by atoms with Crippen LogP contribution in [0.15, 0.2) is 22.8 Å². The van der Waals surface area contributed by atoms with Crippen LogP contribution in [0.5, 0.6) is 0 Å². The molecule has 1 aromatic heterocycles. The number of nitrogens with one attached hydrogen (secondary N) is 1. The highest BCUT2D eigenvalue weighted by molar-refractivity contribution is 9.10. The first-order chi connectivity index (χ1) is 9.83. The van der Waals surface area contributed by atoms with Gasteiger partial charge in [-0.3, -0.25) is 0 Å². The molecule has 0 aromatic carbocycles. The van der Waals surface area contributed by atoms with Crippen molar-refractivity contribution in [2.24, 2.45) is 0 Å². The number of alkyl carbamates (subject to hydrolysis) is 1. The Kier molecular flexibility index (Phi) is 5.08. The number of halogens is 1. The summed E-state index contributed by atoms with van der Waals surface area (Å²) in [5.41, 5.74) is -0.453. The number of hydrogen-bond acceptors (Lipinski definition) is 4. The molecule has 1 aliphatic rings. The molecule has 6 heteroatoms. The molecule has 1 fully saturated rings. The minimum Gasteiger partial charge on any atom is -0.444 e. The van der Waals surface area contributed by atoms with Gasteiger partial charge in [0.2, 0.25) is 0 Å². The predicted octanol–water partition coefficient (Wildman–Crippen LogP) is 3.34. The van der Waals surface area contributed by atoms with E-state index in [0.29, 0.717) is 0 Å². The number of piperidine rings is 1. The lowest BCUT2D eigenvalue weighted by molar-refractivity contribution is 0.0497. The van der Waals surface area contributed by atoms with Crippen LogP contribution < -0.4 is 10.2 Å². The fourth-order valence-electron chi connectivity index (χ4n) is 2.30. The molecular formula is C15H22BrN3O2. The lowest BCUT2D eigenvalue weighted by Gasteiger charge is -2.33. The average molecular weight is 356 g/mol. The van der Waals surface area contributed by atoms with Gasteiger partial charge < -0.3 is 15.0 Å². The third-order valence-electron chi connectivity index (χ3n) is 3.24. The zero-order valence-electron chi connectivity index (χ0n) is 12.7. The summed E-state index contributed by atoms with van der Waals surface area (Å²) in [7, 11) is 0. The molecule has 1 amide bonds. The first-order valence-electron chi connectivity index (χ1n) is 7.20. The lowest BCUT2D eigenvalue weighted by Crippen LogP contribution is -2.46. The summed E-state index contributed by atoms with van der Waals surface area (Å²) < 4.78 is 6.13. The Morgan fingerprint density at radius 1 is 1.38 bits per heavy atom. The number of nitrogens with zero attached hydrogens (tertiary/aromatic N) is 2. The quantitative estimate of drug-likeness (QED) is 0.826. The van der Waals surface area contributed by atoms with E-state index in [2.05, 4.69) is 31.1 Å². The maximum Gasteiger partial charge on any atom is 0.407 e. The van der Waals surface area contributed by atoms with E-state index < -0.39 is 5.60 Å². The molecule has 2 heterocycles. The average Bonchev–Trinajstić information content (AvgIpc) is 2.37. The molecule has 0 unspecified atom stereocenters. The van der Waals surface area contributed by atoms with Gasteiger partial charge in [0.15, 0.2) is 0 Å². The molecule has 1 N–H and O–H groups in total. The highest BCUT2D eigenvalue weighted by Crippen LogP contribution is 2.20. The van der Waals surface area contributed by atoms with Gasteiger partial charge in [-0.1, -0.05) is 6.07 Å². The molecule has 2 rings (SSSR count). The van der Waals surface area contributed by atoms with Gasteiger partial charge in [-0.25, -0.2) is 9.78 Å². The van der Waals surface area contributed by atoms with Crippen molar-refractivity contribution in [1.82, 2.24) is 10.3 Å². The maximum atomic E-state index is 11.8. The Labute approximate surface area is 134 Å². The van der Waals surface area contributed by atoms with Gasteiger partial charge in [-0.05, 0) is 61.7 Å². The number of carbonyl (C=O) groups is 1. The van der Waals surface area contributed by atoms with E-state index in [0.717, 1.165) is 36.4 Å². The van der Waals surface area contributed by atoms with E-state index in [4.69, 9.17) is 4.74 Å². The van der Waals surface area contributed by atoms with Gasteiger partial charge in [-0.2, -0.15) is 0 Å². The monoisotopic (exact) mass is 355 g/mol. The zero-order chi connectivity index (χ0) is 15.5. The van der Waals surface area contributed by atoms with E-state index >= 15 is 0 Å². The van der Waals surface area contributed by atoms with Crippen LogP contribution >= 0.6 is 15.9 Å². The molecule has 0 spiro atoms. The van der Waals surface area contributed by atoms with Crippen LogP contribution in [-0.2, 0) is 4.74 Å². The van der Waals surface area contributed by atoms with Crippen molar-refractivity contribution in [3.8, 4) is 0 Å². The Morgan fingerprint density at radius 2 is 2.05 bits per heavy atom. The van der Waals surface area contributed by atoms with Gasteiger partial charge in [0.05, 0.1) is 0 Å². The number of anilines is 1. The van der Waals surface area contributed by atoms with Crippen molar-refractivity contribution < 1.29 is 9.53 Å².